The van der Waals surface area contributed by atoms with Gasteiger partial charge in [-0.2, -0.15) is 0 Å². The van der Waals surface area contributed by atoms with Gasteiger partial charge in [0.15, 0.2) is 9.84 Å². The Morgan fingerprint density at radius 2 is 1.95 bits per heavy atom. The largest absolute Gasteiger partial charge is 0.379 e. The molecule has 108 valence electrons. The van der Waals surface area contributed by atoms with E-state index in [0.29, 0.717) is 6.54 Å². The lowest BCUT2D eigenvalue weighted by molar-refractivity contribution is 0.586. The number of benzene rings is 1. The molecule has 1 aromatic carbocycles. The molecule has 0 fully saturated rings. The number of anilines is 1. The Kier molecular flexibility index (Phi) is 4.77. The zero-order chi connectivity index (χ0) is 14.6. The quantitative estimate of drug-likeness (QED) is 0.891. The topological polar surface area (TPSA) is 59.1 Å². The molecule has 0 atom stereocenters. The first-order chi connectivity index (χ1) is 9.47. The summed E-state index contributed by atoms with van der Waals surface area (Å²) >= 11 is 1.57. The maximum atomic E-state index is 11.8. The van der Waals surface area contributed by atoms with Crippen LogP contribution in [-0.2, 0) is 22.1 Å². The molecule has 0 unspecified atom stereocenters. The monoisotopic (exact) mass is 310 g/mol. The molecule has 1 N–H and O–H groups in total. The summed E-state index contributed by atoms with van der Waals surface area (Å²) in [6.45, 7) is 4.09. The Morgan fingerprint density at radius 3 is 2.50 bits per heavy atom. The fraction of sp³-hybridized carbons (Fsp3) is 0.357. The van der Waals surface area contributed by atoms with Gasteiger partial charge >= 0.3 is 0 Å². The van der Waals surface area contributed by atoms with Crippen molar-refractivity contribution in [1.29, 1.82) is 0 Å². The first-order valence-corrected chi connectivity index (χ1v) is 9.04. The van der Waals surface area contributed by atoms with Crippen molar-refractivity contribution in [3.05, 3.63) is 46.4 Å². The molecule has 1 aromatic heterocycles. The molecular formula is C14H18N2O2S2. The van der Waals surface area contributed by atoms with E-state index < -0.39 is 9.84 Å². The maximum Gasteiger partial charge on any atom is 0.156 e. The molecule has 0 spiro atoms. The minimum absolute atomic E-state index is 0.0943. The number of hydrogen-bond donors (Lipinski definition) is 1. The van der Waals surface area contributed by atoms with Crippen LogP contribution >= 0.6 is 11.3 Å². The summed E-state index contributed by atoms with van der Waals surface area (Å²) in [5, 5.41) is 4.91. The molecule has 0 bridgehead atoms. The normalized spacial score (nSPS) is 11.8. The van der Waals surface area contributed by atoms with E-state index in [2.05, 4.69) is 10.3 Å². The van der Waals surface area contributed by atoms with Crippen molar-refractivity contribution in [3.63, 3.8) is 0 Å². The Balaban J connectivity index is 1.96. The van der Waals surface area contributed by atoms with Crippen molar-refractivity contribution >= 4 is 26.9 Å². The van der Waals surface area contributed by atoms with Crippen molar-refractivity contribution in [2.45, 2.75) is 31.4 Å². The molecule has 1 heterocycles. The molecular weight excluding hydrogens is 292 g/mol. The minimum atomic E-state index is -3.04. The number of rotatable bonds is 6. The summed E-state index contributed by atoms with van der Waals surface area (Å²) in [6, 6.07) is 7.50. The van der Waals surface area contributed by atoms with Gasteiger partial charge in [-0.05, 0) is 31.5 Å². The Hall–Kier alpha value is -1.40. The first-order valence-electron chi connectivity index (χ1n) is 6.39. The molecule has 2 aromatic rings. The van der Waals surface area contributed by atoms with Crippen LogP contribution in [0.4, 0.5) is 5.69 Å². The Labute approximate surface area is 123 Å². The lowest BCUT2D eigenvalue weighted by Gasteiger charge is -2.09. The van der Waals surface area contributed by atoms with Crippen molar-refractivity contribution < 1.29 is 8.42 Å². The van der Waals surface area contributed by atoms with E-state index in [1.54, 1.807) is 30.7 Å². The van der Waals surface area contributed by atoms with Crippen molar-refractivity contribution in [2.75, 3.05) is 5.32 Å². The molecule has 0 aliphatic carbocycles. The zero-order valence-corrected chi connectivity index (χ0v) is 13.2. The zero-order valence-electron chi connectivity index (χ0n) is 11.5. The predicted octanol–water partition coefficient (Wildman–Crippen LogP) is 3.08. The number of nitrogens with one attached hydrogen (secondary N) is 1. The van der Waals surface area contributed by atoms with Crippen LogP contribution in [0.3, 0.4) is 0 Å². The first kappa shape index (κ1) is 15.0. The second kappa shape index (κ2) is 6.37. The van der Waals surface area contributed by atoms with Crippen LogP contribution in [0.1, 0.15) is 25.1 Å². The predicted molar refractivity (Wildman–Crippen MR) is 83.6 cm³/mol. The Morgan fingerprint density at radius 1 is 1.25 bits per heavy atom. The molecule has 2 rings (SSSR count). The molecule has 0 aliphatic heterocycles. The van der Waals surface area contributed by atoms with Crippen molar-refractivity contribution in [1.82, 2.24) is 4.98 Å². The smallest absolute Gasteiger partial charge is 0.156 e. The molecule has 0 saturated carbocycles. The van der Waals surface area contributed by atoms with E-state index in [4.69, 9.17) is 0 Å². The lowest BCUT2D eigenvalue weighted by Crippen LogP contribution is -2.15. The van der Waals surface area contributed by atoms with E-state index in [1.165, 1.54) is 0 Å². The van der Waals surface area contributed by atoms with Gasteiger partial charge in [-0.1, -0.05) is 12.1 Å². The van der Waals surface area contributed by atoms with E-state index >= 15 is 0 Å². The SMILES string of the molecule is CC(C)S(=O)(=O)Cc1ccc(NCc2cscn2)cc1. The van der Waals surface area contributed by atoms with Gasteiger partial charge in [0.25, 0.3) is 0 Å². The lowest BCUT2D eigenvalue weighted by atomic mass is 10.2. The van der Waals surface area contributed by atoms with Crippen LogP contribution in [0, 0.1) is 0 Å². The molecule has 4 nitrogen and oxygen atoms in total. The standard InChI is InChI=1S/C14H18N2O2S2/c1-11(2)20(17,18)9-12-3-5-13(6-4-12)15-7-14-8-19-10-16-14/h3-6,8,10-11,15H,7,9H2,1-2H3. The van der Waals surface area contributed by atoms with Gasteiger partial charge in [0, 0.05) is 11.1 Å². The van der Waals surface area contributed by atoms with Gasteiger partial charge in [0.2, 0.25) is 0 Å². The summed E-state index contributed by atoms with van der Waals surface area (Å²) in [5.41, 5.74) is 4.58. The number of aromatic nitrogens is 1. The fourth-order valence-electron chi connectivity index (χ4n) is 1.64. The molecule has 20 heavy (non-hydrogen) atoms. The van der Waals surface area contributed by atoms with E-state index in [9.17, 15) is 8.42 Å². The highest BCUT2D eigenvalue weighted by Crippen LogP contribution is 2.15. The summed E-state index contributed by atoms with van der Waals surface area (Å²) in [4.78, 5) is 4.19. The van der Waals surface area contributed by atoms with Crippen LogP contribution in [0.15, 0.2) is 35.2 Å². The third kappa shape index (κ3) is 4.05. The molecule has 0 saturated heterocycles. The number of nitrogens with zero attached hydrogens (tertiary/aromatic N) is 1. The molecule has 0 aliphatic rings. The highest BCUT2D eigenvalue weighted by atomic mass is 32.2. The fourth-order valence-corrected chi connectivity index (χ4v) is 3.18. The van der Waals surface area contributed by atoms with E-state index in [0.717, 1.165) is 16.9 Å². The minimum Gasteiger partial charge on any atom is -0.379 e. The van der Waals surface area contributed by atoms with Gasteiger partial charge in [-0.25, -0.2) is 13.4 Å². The van der Waals surface area contributed by atoms with Gasteiger partial charge in [-0.15, -0.1) is 11.3 Å². The number of thiazole rings is 1. The highest BCUT2D eigenvalue weighted by Gasteiger charge is 2.16. The maximum absolute atomic E-state index is 11.8. The third-order valence-electron chi connectivity index (χ3n) is 3.00. The summed E-state index contributed by atoms with van der Waals surface area (Å²) in [5.74, 6) is 0.0943. The van der Waals surface area contributed by atoms with Crippen LogP contribution in [-0.4, -0.2) is 18.7 Å². The van der Waals surface area contributed by atoms with E-state index in [1.807, 2.05) is 29.6 Å². The van der Waals surface area contributed by atoms with Crippen LogP contribution < -0.4 is 5.32 Å². The van der Waals surface area contributed by atoms with Gasteiger partial charge in [0.1, 0.15) is 0 Å². The molecule has 0 radical (unpaired) electrons. The number of sulfone groups is 1. The van der Waals surface area contributed by atoms with Gasteiger partial charge in [0.05, 0.1) is 28.8 Å². The number of hydrogen-bond acceptors (Lipinski definition) is 5. The summed E-state index contributed by atoms with van der Waals surface area (Å²) in [6.07, 6.45) is 0. The third-order valence-corrected chi connectivity index (χ3v) is 5.80. The highest BCUT2D eigenvalue weighted by molar-refractivity contribution is 7.91. The second-order valence-electron chi connectivity index (χ2n) is 4.89. The van der Waals surface area contributed by atoms with Gasteiger partial charge < -0.3 is 5.32 Å². The van der Waals surface area contributed by atoms with Crippen LogP contribution in [0.2, 0.25) is 0 Å². The van der Waals surface area contributed by atoms with Crippen molar-refractivity contribution in [2.24, 2.45) is 0 Å². The average Bonchev–Trinajstić information content (AvgIpc) is 2.90. The summed E-state index contributed by atoms with van der Waals surface area (Å²) in [7, 11) is -3.04. The Bertz CT molecular complexity index is 632. The molecule has 6 heteroatoms. The van der Waals surface area contributed by atoms with Crippen molar-refractivity contribution in [3.8, 4) is 0 Å². The average molecular weight is 310 g/mol. The van der Waals surface area contributed by atoms with Crippen LogP contribution in [0.5, 0.6) is 0 Å². The van der Waals surface area contributed by atoms with Gasteiger partial charge in [-0.3, -0.25) is 0 Å². The summed E-state index contributed by atoms with van der Waals surface area (Å²) < 4.78 is 23.7. The van der Waals surface area contributed by atoms with Crippen LogP contribution in [0.25, 0.3) is 0 Å². The van der Waals surface area contributed by atoms with E-state index in [-0.39, 0.29) is 11.0 Å². The second-order valence-corrected chi connectivity index (χ2v) is 8.16. The molecule has 0 amide bonds.